The van der Waals surface area contributed by atoms with Crippen molar-refractivity contribution in [2.45, 2.75) is 12.8 Å². The predicted molar refractivity (Wildman–Crippen MR) is 174 cm³/mol. The standard InChI is InChI=1S/C33H24FIN6O2/c34-23-13-21(15-25(42)16-23)28-30-27(10-12-37-28)40-32(41-30)31-29-19(7-4-11-36-31)8-9-26(39-29)22-14-24(18-35-17-22)38-33(43)20-5-2-1-3-6-20/h1-3,5-6,8-10,12-18,42H,4,7,11H2,(H,38,43)(H,40,41). The smallest absolute Gasteiger partial charge is 0.255 e. The summed E-state index contributed by atoms with van der Waals surface area (Å²) in [5.74, 6) is -0.346. The number of aromatic nitrogens is 4. The highest BCUT2D eigenvalue weighted by Crippen LogP contribution is 2.30. The normalized spacial score (nSPS) is 14.6. The summed E-state index contributed by atoms with van der Waals surface area (Å²) in [6.45, 7) is 0.625. The first-order valence-electron chi connectivity index (χ1n) is 13.7. The minimum absolute atomic E-state index is 0.148. The van der Waals surface area contributed by atoms with Gasteiger partial charge in [0, 0.05) is 41.2 Å². The highest BCUT2D eigenvalue weighted by molar-refractivity contribution is 14.2. The van der Waals surface area contributed by atoms with E-state index in [0.717, 1.165) is 47.1 Å². The van der Waals surface area contributed by atoms with Crippen LogP contribution in [0.2, 0.25) is 0 Å². The molecule has 0 saturated heterocycles. The number of aliphatic imine (C=N–C) groups is 1. The Balaban J connectivity index is 1.24. The summed E-state index contributed by atoms with van der Waals surface area (Å²) in [6.07, 6.45) is 5.29. The van der Waals surface area contributed by atoms with Crippen molar-refractivity contribution in [2.24, 2.45) is 4.99 Å². The monoisotopic (exact) mass is 682 g/mol. The summed E-state index contributed by atoms with van der Waals surface area (Å²) in [7, 11) is 0. The highest BCUT2D eigenvalue weighted by Gasteiger charge is 2.22. The number of aromatic hydroxyl groups is 1. The van der Waals surface area contributed by atoms with Crippen molar-refractivity contribution in [3.05, 3.63) is 123 Å². The summed E-state index contributed by atoms with van der Waals surface area (Å²) in [4.78, 5) is 35.4. The van der Waals surface area contributed by atoms with E-state index < -0.39 is 26.5 Å². The second-order valence-electron chi connectivity index (χ2n) is 10.1. The van der Waals surface area contributed by atoms with Gasteiger partial charge in [0.15, 0.2) is 5.82 Å². The molecule has 0 bridgehead atoms. The Morgan fingerprint density at radius 3 is 2.77 bits per heavy atom. The Morgan fingerprint density at radius 2 is 1.91 bits per heavy atom. The average molecular weight is 682 g/mol. The van der Waals surface area contributed by atoms with Crippen LogP contribution in [0, 0.1) is 5.82 Å². The number of H-pyrrole nitrogens is 1. The van der Waals surface area contributed by atoms with E-state index in [1.54, 1.807) is 24.4 Å². The number of amides is 1. The largest absolute Gasteiger partial charge is 0.508 e. The number of nitrogens with one attached hydrogen (secondary N) is 2. The zero-order valence-electron chi connectivity index (χ0n) is 22.7. The molecule has 0 spiro atoms. The van der Waals surface area contributed by atoms with Gasteiger partial charge in [-0.05, 0) is 69.0 Å². The zero-order valence-corrected chi connectivity index (χ0v) is 24.8. The number of phenols is 1. The fraction of sp³-hybridized carbons (Fsp3) is 0.0909. The number of aromatic amines is 1. The van der Waals surface area contributed by atoms with Crippen LogP contribution in [-0.2, 0) is 6.42 Å². The van der Waals surface area contributed by atoms with Crippen LogP contribution in [0.15, 0.2) is 93.8 Å². The Kier molecular flexibility index (Phi) is 7.19. The third-order valence-electron chi connectivity index (χ3n) is 7.12. The topological polar surface area (TPSA) is 116 Å². The molecule has 0 radical (unpaired) electrons. The number of aryl methyl sites for hydroxylation is 1. The predicted octanol–water partition coefficient (Wildman–Crippen LogP) is 6.09. The molecule has 3 N–H and O–H groups in total. The average Bonchev–Trinajstić information content (AvgIpc) is 3.34. The van der Waals surface area contributed by atoms with Gasteiger partial charge in [0.2, 0.25) is 0 Å². The van der Waals surface area contributed by atoms with E-state index in [-0.39, 0.29) is 11.7 Å². The molecule has 0 aliphatic carbocycles. The molecule has 3 aromatic heterocycles. The van der Waals surface area contributed by atoms with Crippen LogP contribution in [0.3, 0.4) is 0 Å². The maximum Gasteiger partial charge on any atom is 0.255 e. The fourth-order valence-electron chi connectivity index (χ4n) is 5.13. The minimum atomic E-state index is -0.558. The molecule has 2 aromatic carbocycles. The van der Waals surface area contributed by atoms with Gasteiger partial charge in [-0.25, -0.2) is 14.4 Å². The van der Waals surface area contributed by atoms with E-state index in [9.17, 15) is 14.3 Å². The third-order valence-corrected chi connectivity index (χ3v) is 9.18. The Morgan fingerprint density at radius 1 is 1.02 bits per heavy atom. The maximum atomic E-state index is 14.1. The molecular formula is C33H24FIN6O2. The van der Waals surface area contributed by atoms with Crippen molar-refractivity contribution in [3.63, 3.8) is 0 Å². The fourth-order valence-corrected chi connectivity index (χ4v) is 6.92. The second kappa shape index (κ2) is 11.4. The van der Waals surface area contributed by atoms with Crippen LogP contribution in [0.1, 0.15) is 39.6 Å². The Bertz CT molecular complexity index is 2010. The van der Waals surface area contributed by atoms with Crippen LogP contribution < -0.4 is 5.32 Å². The molecule has 0 fully saturated rings. The van der Waals surface area contributed by atoms with Gasteiger partial charge in [0.25, 0.3) is 5.91 Å². The van der Waals surface area contributed by atoms with E-state index in [4.69, 9.17) is 15.0 Å². The molecule has 5 aromatic rings. The molecular weight excluding hydrogens is 658 g/mol. The number of hydrogen-bond acceptors (Lipinski definition) is 6. The molecule has 0 atom stereocenters. The lowest BCUT2D eigenvalue weighted by Gasteiger charge is -2.13. The van der Waals surface area contributed by atoms with Gasteiger partial charge in [0.1, 0.15) is 22.8 Å². The van der Waals surface area contributed by atoms with E-state index in [2.05, 4.69) is 29.4 Å². The van der Waals surface area contributed by atoms with Crippen LogP contribution in [0.5, 0.6) is 5.75 Å². The molecule has 8 nitrogen and oxygen atoms in total. The number of imidazole rings is 1. The third kappa shape index (κ3) is 5.53. The molecule has 2 aliphatic rings. The summed E-state index contributed by atoms with van der Waals surface area (Å²) in [5.41, 5.74) is 7.74. The van der Waals surface area contributed by atoms with Gasteiger partial charge in [-0.2, -0.15) is 0 Å². The number of allylic oxidation sites excluding steroid dienone is 3. The SMILES string of the molecule is O=C(NC1=CC(c2ccc3c(n2)C(c2nc4c(-c5cc(O)cc(F)c5)nccc4[nH]2)=NCCC3)=CI=C1)c1ccccc1. The maximum absolute atomic E-state index is 14.1. The van der Waals surface area contributed by atoms with Gasteiger partial charge in [-0.1, -0.05) is 45.0 Å². The lowest BCUT2D eigenvalue weighted by atomic mass is 10.0. The number of pyridine rings is 2. The molecule has 1 amide bonds. The Hall–Kier alpha value is -4.84. The second-order valence-corrected chi connectivity index (χ2v) is 12.1. The van der Waals surface area contributed by atoms with E-state index >= 15 is 0 Å². The molecule has 10 heteroatoms. The Labute approximate surface area is 255 Å². The summed E-state index contributed by atoms with van der Waals surface area (Å²) in [6, 6.07) is 18.9. The molecule has 0 saturated carbocycles. The van der Waals surface area contributed by atoms with Crippen molar-refractivity contribution in [3.8, 4) is 17.0 Å². The van der Waals surface area contributed by atoms with E-state index in [0.29, 0.717) is 45.9 Å². The van der Waals surface area contributed by atoms with E-state index in [1.165, 1.54) is 12.1 Å². The number of phenolic OH excluding ortho intramolecular Hbond substituents is 1. The lowest BCUT2D eigenvalue weighted by molar-refractivity contribution is 0.0968. The van der Waals surface area contributed by atoms with Crippen LogP contribution in [0.25, 0.3) is 27.9 Å². The number of hydrogen-bond donors (Lipinski definition) is 3. The van der Waals surface area contributed by atoms with Crippen molar-refractivity contribution in [1.82, 2.24) is 25.3 Å². The number of fused-ring (bicyclic) bond motifs is 2. The lowest BCUT2D eigenvalue weighted by Crippen LogP contribution is -2.23. The van der Waals surface area contributed by atoms with Crippen molar-refractivity contribution < 1.29 is 14.3 Å². The summed E-state index contributed by atoms with van der Waals surface area (Å²) in [5, 5.41) is 13.0. The number of benzene rings is 2. The van der Waals surface area contributed by atoms with Gasteiger partial charge in [0.05, 0.1) is 22.6 Å². The minimum Gasteiger partial charge on any atom is -0.508 e. The first-order valence-corrected chi connectivity index (χ1v) is 16.1. The van der Waals surface area contributed by atoms with Gasteiger partial charge >= 0.3 is 0 Å². The van der Waals surface area contributed by atoms with Crippen LogP contribution >= 0.6 is 20.7 Å². The van der Waals surface area contributed by atoms with Gasteiger partial charge in [-0.3, -0.25) is 14.8 Å². The highest BCUT2D eigenvalue weighted by atomic mass is 127. The number of carbonyl (C=O) groups excluding carboxylic acids is 1. The zero-order chi connectivity index (χ0) is 29.3. The number of nitrogens with zero attached hydrogens (tertiary/aromatic N) is 4. The molecule has 0 unspecified atom stereocenters. The molecule has 7 rings (SSSR count). The number of halogens is 2. The first kappa shape index (κ1) is 27.0. The van der Waals surface area contributed by atoms with Crippen LogP contribution in [0.4, 0.5) is 4.39 Å². The molecule has 43 heavy (non-hydrogen) atoms. The van der Waals surface area contributed by atoms with Crippen LogP contribution in [-0.4, -0.2) is 47.2 Å². The van der Waals surface area contributed by atoms with Crippen molar-refractivity contribution >= 4 is 53.0 Å². The molecule has 5 heterocycles. The number of carbonyl (C=O) groups is 1. The van der Waals surface area contributed by atoms with Gasteiger partial charge < -0.3 is 15.4 Å². The molecule has 2 aliphatic heterocycles. The first-order chi connectivity index (χ1) is 21.0. The van der Waals surface area contributed by atoms with Gasteiger partial charge in [-0.15, -0.1) is 0 Å². The number of rotatable bonds is 5. The van der Waals surface area contributed by atoms with E-state index in [1.807, 2.05) is 30.3 Å². The summed E-state index contributed by atoms with van der Waals surface area (Å²) >= 11 is -0.423. The quantitative estimate of drug-likeness (QED) is 0.194. The van der Waals surface area contributed by atoms with Crippen molar-refractivity contribution in [2.75, 3.05) is 6.54 Å². The summed E-state index contributed by atoms with van der Waals surface area (Å²) < 4.78 is 18.4. The van der Waals surface area contributed by atoms with Crippen molar-refractivity contribution in [1.29, 1.82) is 0 Å². The molecule has 212 valence electrons.